The van der Waals surface area contributed by atoms with Crippen molar-refractivity contribution >= 4 is 5.69 Å². The first kappa shape index (κ1) is 14.0. The van der Waals surface area contributed by atoms with Crippen molar-refractivity contribution in [3.63, 3.8) is 0 Å². The largest absolute Gasteiger partial charge is 0.573 e. The van der Waals surface area contributed by atoms with Crippen molar-refractivity contribution in [2.75, 3.05) is 5.73 Å². The van der Waals surface area contributed by atoms with Crippen molar-refractivity contribution in [1.29, 1.82) is 0 Å². The van der Waals surface area contributed by atoms with Gasteiger partial charge in [-0.15, -0.1) is 13.2 Å². The van der Waals surface area contributed by atoms with Crippen molar-refractivity contribution in [2.24, 2.45) is 0 Å². The summed E-state index contributed by atoms with van der Waals surface area (Å²) in [6, 6.07) is 10.4. The van der Waals surface area contributed by atoms with Gasteiger partial charge in [0.2, 0.25) is 0 Å². The monoisotopic (exact) mass is 283 g/mol. The highest BCUT2D eigenvalue weighted by Crippen LogP contribution is 2.32. The molecular weight excluding hydrogens is 271 g/mol. The summed E-state index contributed by atoms with van der Waals surface area (Å²) in [7, 11) is 0. The lowest BCUT2D eigenvalue weighted by molar-refractivity contribution is -0.274. The molecule has 0 radical (unpaired) electrons. The third-order valence-corrected chi connectivity index (χ3v) is 2.52. The van der Waals surface area contributed by atoms with E-state index in [0.29, 0.717) is 17.2 Å². The van der Waals surface area contributed by atoms with Gasteiger partial charge >= 0.3 is 6.36 Å². The minimum absolute atomic E-state index is 0.303. The molecule has 0 bridgehead atoms. The molecule has 3 nitrogen and oxygen atoms in total. The lowest BCUT2D eigenvalue weighted by Gasteiger charge is -2.12. The maximum Gasteiger partial charge on any atom is 0.573 e. The summed E-state index contributed by atoms with van der Waals surface area (Å²) in [6.45, 7) is 1.83. The van der Waals surface area contributed by atoms with Gasteiger partial charge in [0.15, 0.2) is 5.75 Å². The Balaban J connectivity index is 2.15. The number of hydrogen-bond donors (Lipinski definition) is 1. The van der Waals surface area contributed by atoms with Gasteiger partial charge in [0.25, 0.3) is 0 Å². The van der Waals surface area contributed by atoms with Crippen LogP contribution < -0.4 is 15.2 Å². The third kappa shape index (κ3) is 3.57. The molecule has 2 rings (SSSR count). The van der Waals surface area contributed by atoms with Gasteiger partial charge in [-0.1, -0.05) is 12.1 Å². The van der Waals surface area contributed by atoms with Gasteiger partial charge in [0.05, 0.1) is 5.69 Å². The first-order valence-electron chi connectivity index (χ1n) is 5.74. The molecule has 0 unspecified atom stereocenters. The van der Waals surface area contributed by atoms with Crippen molar-refractivity contribution in [2.45, 2.75) is 13.3 Å². The van der Waals surface area contributed by atoms with E-state index >= 15 is 0 Å². The summed E-state index contributed by atoms with van der Waals surface area (Å²) in [5.74, 6) is 0.556. The molecule has 0 aromatic heterocycles. The van der Waals surface area contributed by atoms with Gasteiger partial charge in [-0.2, -0.15) is 0 Å². The topological polar surface area (TPSA) is 44.5 Å². The van der Waals surface area contributed by atoms with Crippen LogP contribution in [0.5, 0.6) is 17.2 Å². The number of hydrogen-bond acceptors (Lipinski definition) is 3. The fourth-order valence-electron chi connectivity index (χ4n) is 1.64. The summed E-state index contributed by atoms with van der Waals surface area (Å²) in [4.78, 5) is 0. The number of benzene rings is 2. The minimum Gasteiger partial charge on any atom is -0.455 e. The highest BCUT2D eigenvalue weighted by Gasteiger charge is 2.30. The minimum atomic E-state index is -4.71. The second-order valence-corrected chi connectivity index (χ2v) is 4.11. The average molecular weight is 283 g/mol. The van der Waals surface area contributed by atoms with Crippen LogP contribution in [-0.2, 0) is 0 Å². The van der Waals surface area contributed by atoms with E-state index in [1.807, 2.05) is 13.0 Å². The molecule has 0 saturated heterocycles. The molecule has 2 aromatic rings. The van der Waals surface area contributed by atoms with Crippen LogP contribution in [0, 0.1) is 6.92 Å². The second kappa shape index (κ2) is 5.32. The molecule has 106 valence electrons. The molecule has 0 heterocycles. The van der Waals surface area contributed by atoms with Crippen molar-refractivity contribution < 1.29 is 22.6 Å². The number of ether oxygens (including phenoxy) is 2. The zero-order valence-corrected chi connectivity index (χ0v) is 10.6. The second-order valence-electron chi connectivity index (χ2n) is 4.11. The van der Waals surface area contributed by atoms with Gasteiger partial charge in [-0.3, -0.25) is 0 Å². The SMILES string of the molecule is Cc1cccc(N)c1Oc1ccc(OC(F)(F)F)cc1. The van der Waals surface area contributed by atoms with E-state index in [-0.39, 0.29) is 5.75 Å². The summed E-state index contributed by atoms with van der Waals surface area (Å²) in [6.07, 6.45) is -4.71. The normalized spacial score (nSPS) is 11.2. The molecule has 0 aliphatic heterocycles. The predicted octanol–water partition coefficient (Wildman–Crippen LogP) is 4.27. The molecule has 0 aliphatic rings. The van der Waals surface area contributed by atoms with E-state index < -0.39 is 6.36 Å². The van der Waals surface area contributed by atoms with Gasteiger partial charge in [0, 0.05) is 0 Å². The van der Waals surface area contributed by atoms with Crippen LogP contribution >= 0.6 is 0 Å². The van der Waals surface area contributed by atoms with Gasteiger partial charge in [-0.25, -0.2) is 0 Å². The molecule has 0 amide bonds. The highest BCUT2D eigenvalue weighted by molar-refractivity contribution is 5.57. The zero-order chi connectivity index (χ0) is 14.8. The zero-order valence-electron chi connectivity index (χ0n) is 10.6. The molecule has 2 N–H and O–H groups in total. The van der Waals surface area contributed by atoms with Crippen LogP contribution in [0.2, 0.25) is 0 Å². The molecule has 0 aliphatic carbocycles. The lowest BCUT2D eigenvalue weighted by atomic mass is 10.2. The Labute approximate surface area is 113 Å². The Morgan fingerprint density at radius 1 is 0.950 bits per heavy atom. The fourth-order valence-corrected chi connectivity index (χ4v) is 1.64. The first-order chi connectivity index (χ1) is 9.35. The molecule has 6 heteroatoms. The fraction of sp³-hybridized carbons (Fsp3) is 0.143. The van der Waals surface area contributed by atoms with E-state index in [1.165, 1.54) is 24.3 Å². The van der Waals surface area contributed by atoms with Crippen LogP contribution in [-0.4, -0.2) is 6.36 Å². The van der Waals surface area contributed by atoms with Crippen LogP contribution in [0.15, 0.2) is 42.5 Å². The molecular formula is C14H12F3NO2. The first-order valence-corrected chi connectivity index (χ1v) is 5.74. The van der Waals surface area contributed by atoms with Crippen LogP contribution in [0.3, 0.4) is 0 Å². The van der Waals surface area contributed by atoms with Gasteiger partial charge in [0.1, 0.15) is 11.5 Å². The molecule has 0 fully saturated rings. The van der Waals surface area contributed by atoms with E-state index in [4.69, 9.17) is 10.5 Å². The van der Waals surface area contributed by atoms with Gasteiger partial charge < -0.3 is 15.2 Å². The van der Waals surface area contributed by atoms with E-state index in [0.717, 1.165) is 5.56 Å². The van der Waals surface area contributed by atoms with Crippen molar-refractivity contribution in [3.8, 4) is 17.2 Å². The van der Waals surface area contributed by atoms with Gasteiger partial charge in [-0.05, 0) is 42.8 Å². The molecule has 20 heavy (non-hydrogen) atoms. The molecule has 0 saturated carbocycles. The van der Waals surface area contributed by atoms with Crippen LogP contribution in [0.4, 0.5) is 18.9 Å². The number of rotatable bonds is 3. The Morgan fingerprint density at radius 2 is 1.55 bits per heavy atom. The Kier molecular flexibility index (Phi) is 3.74. The summed E-state index contributed by atoms with van der Waals surface area (Å²) < 4.78 is 45.4. The summed E-state index contributed by atoms with van der Waals surface area (Å²) in [5.41, 5.74) is 7.08. The van der Waals surface area contributed by atoms with E-state index in [1.54, 1.807) is 12.1 Å². The van der Waals surface area contributed by atoms with Crippen molar-refractivity contribution in [3.05, 3.63) is 48.0 Å². The Bertz CT molecular complexity index is 574. The lowest BCUT2D eigenvalue weighted by Crippen LogP contribution is -2.16. The van der Waals surface area contributed by atoms with Crippen LogP contribution in [0.25, 0.3) is 0 Å². The Morgan fingerprint density at radius 3 is 2.10 bits per heavy atom. The maximum atomic E-state index is 12.0. The summed E-state index contributed by atoms with van der Waals surface area (Å²) >= 11 is 0. The van der Waals surface area contributed by atoms with Crippen molar-refractivity contribution in [1.82, 2.24) is 0 Å². The number of aryl methyl sites for hydroxylation is 1. The quantitative estimate of drug-likeness (QED) is 0.856. The standard InChI is InChI=1S/C14H12F3NO2/c1-9-3-2-4-12(18)13(9)19-10-5-7-11(8-6-10)20-14(15,16)17/h2-8H,18H2,1H3. The molecule has 0 atom stereocenters. The highest BCUT2D eigenvalue weighted by atomic mass is 19.4. The maximum absolute atomic E-state index is 12.0. The average Bonchev–Trinajstić information content (AvgIpc) is 2.34. The third-order valence-electron chi connectivity index (χ3n) is 2.52. The number of alkyl halides is 3. The van der Waals surface area contributed by atoms with E-state index in [2.05, 4.69) is 4.74 Å². The molecule has 0 spiro atoms. The summed E-state index contributed by atoms with van der Waals surface area (Å²) in [5, 5.41) is 0. The number of para-hydroxylation sites is 1. The number of anilines is 1. The molecule has 2 aromatic carbocycles. The number of nitrogen functional groups attached to an aromatic ring is 1. The number of halogens is 3. The number of nitrogens with two attached hydrogens (primary N) is 1. The van der Waals surface area contributed by atoms with E-state index in [9.17, 15) is 13.2 Å². The smallest absolute Gasteiger partial charge is 0.455 e. The Hall–Kier alpha value is -2.37. The van der Waals surface area contributed by atoms with Crippen LogP contribution in [0.1, 0.15) is 5.56 Å². The predicted molar refractivity (Wildman–Crippen MR) is 68.8 cm³/mol.